The molecule has 0 amide bonds. The van der Waals surface area contributed by atoms with E-state index >= 15 is 0 Å². The van der Waals surface area contributed by atoms with Gasteiger partial charge in [0.1, 0.15) is 0 Å². The van der Waals surface area contributed by atoms with Crippen molar-refractivity contribution in [2.24, 2.45) is 0 Å². The van der Waals surface area contributed by atoms with Gasteiger partial charge in [-0.05, 0) is 31.5 Å². The van der Waals surface area contributed by atoms with E-state index in [1.165, 1.54) is 18.2 Å². The predicted molar refractivity (Wildman–Crippen MR) is 82.2 cm³/mol. The van der Waals surface area contributed by atoms with Crippen LogP contribution < -0.4 is 4.72 Å². The van der Waals surface area contributed by atoms with Gasteiger partial charge < -0.3 is 9.84 Å². The Morgan fingerprint density at radius 3 is 2.59 bits per heavy atom. The average Bonchev–Trinajstić information content (AvgIpc) is 2.43. The highest BCUT2D eigenvalue weighted by Crippen LogP contribution is 2.20. The molecule has 0 fully saturated rings. The lowest BCUT2D eigenvalue weighted by atomic mass is 10.2. The van der Waals surface area contributed by atoms with Crippen LogP contribution in [0.3, 0.4) is 0 Å². The zero-order valence-electron chi connectivity index (χ0n) is 11.8. The molecule has 1 aromatic carbocycles. The number of ether oxygens (including phenoxy) is 1. The highest BCUT2D eigenvalue weighted by atomic mass is 79.9. The summed E-state index contributed by atoms with van der Waals surface area (Å²) >= 11 is 3.15. The zero-order chi connectivity index (χ0) is 16.8. The zero-order valence-corrected chi connectivity index (χ0v) is 14.2. The van der Waals surface area contributed by atoms with Crippen molar-refractivity contribution in [3.05, 3.63) is 28.2 Å². The Balaban J connectivity index is 2.90. The van der Waals surface area contributed by atoms with E-state index in [2.05, 4.69) is 20.7 Å². The Morgan fingerprint density at radius 1 is 1.32 bits per heavy atom. The molecule has 0 aromatic heterocycles. The maximum Gasteiger partial charge on any atom is 0.338 e. The highest BCUT2D eigenvalue weighted by molar-refractivity contribution is 9.10. The molecule has 9 heteroatoms. The van der Waals surface area contributed by atoms with Crippen molar-refractivity contribution >= 4 is 37.9 Å². The molecule has 0 spiro atoms. The third-order valence-corrected chi connectivity index (χ3v) is 4.45. The largest absolute Gasteiger partial charge is 0.481 e. The Labute approximate surface area is 136 Å². The summed E-state index contributed by atoms with van der Waals surface area (Å²) in [6, 6.07) is 4.02. The van der Waals surface area contributed by atoms with E-state index in [1.54, 1.807) is 6.92 Å². The summed E-state index contributed by atoms with van der Waals surface area (Å²) in [4.78, 5) is 22.0. The van der Waals surface area contributed by atoms with Crippen molar-refractivity contribution in [3.8, 4) is 0 Å². The fourth-order valence-electron chi connectivity index (χ4n) is 1.58. The van der Waals surface area contributed by atoms with Gasteiger partial charge in [-0.15, -0.1) is 0 Å². The molecule has 122 valence electrons. The van der Waals surface area contributed by atoms with Crippen LogP contribution in [0.25, 0.3) is 0 Å². The fourth-order valence-corrected chi connectivity index (χ4v) is 3.37. The molecule has 0 aliphatic rings. The Hall–Kier alpha value is -1.45. The molecule has 0 radical (unpaired) electrons. The van der Waals surface area contributed by atoms with E-state index in [1.807, 2.05) is 0 Å². The third-order valence-electron chi connectivity index (χ3n) is 2.55. The molecule has 0 saturated heterocycles. The predicted octanol–water partition coefficient (Wildman–Crippen LogP) is 1.77. The summed E-state index contributed by atoms with van der Waals surface area (Å²) in [6.07, 6.45) is 0.0440. The molecule has 7 nitrogen and oxygen atoms in total. The molecule has 2 N–H and O–H groups in total. The van der Waals surface area contributed by atoms with Crippen molar-refractivity contribution in [2.75, 3.05) is 13.2 Å². The molecular weight excluding hydrogens is 378 g/mol. The molecular formula is C13H16BrNO6S. The lowest BCUT2D eigenvalue weighted by Gasteiger charge is -2.09. The smallest absolute Gasteiger partial charge is 0.338 e. The van der Waals surface area contributed by atoms with Gasteiger partial charge in [-0.1, -0.05) is 15.9 Å². The fraction of sp³-hybridized carbons (Fsp3) is 0.385. The molecule has 22 heavy (non-hydrogen) atoms. The summed E-state index contributed by atoms with van der Waals surface area (Å²) < 4.78 is 31.8. The van der Waals surface area contributed by atoms with Crippen LogP contribution in [0.4, 0.5) is 0 Å². The summed E-state index contributed by atoms with van der Waals surface area (Å²) in [5.41, 5.74) is 0.113. The number of rotatable bonds is 8. The van der Waals surface area contributed by atoms with Crippen molar-refractivity contribution in [1.82, 2.24) is 4.72 Å². The minimum absolute atomic E-state index is 0.00408. The number of esters is 1. The number of hydrogen-bond donors (Lipinski definition) is 2. The number of carboxylic acids is 1. The monoisotopic (exact) mass is 393 g/mol. The first-order valence-corrected chi connectivity index (χ1v) is 8.73. The molecule has 0 bridgehead atoms. The van der Waals surface area contributed by atoms with Gasteiger partial charge >= 0.3 is 11.9 Å². The first kappa shape index (κ1) is 18.6. The molecule has 0 aliphatic heterocycles. The Bertz CT molecular complexity index is 658. The van der Waals surface area contributed by atoms with Gasteiger partial charge in [0.25, 0.3) is 0 Å². The first-order valence-electron chi connectivity index (χ1n) is 6.45. The average molecular weight is 394 g/mol. The van der Waals surface area contributed by atoms with Crippen molar-refractivity contribution < 1.29 is 27.9 Å². The van der Waals surface area contributed by atoms with E-state index in [-0.39, 0.29) is 36.5 Å². The van der Waals surface area contributed by atoms with E-state index < -0.39 is 22.0 Å². The summed E-state index contributed by atoms with van der Waals surface area (Å²) in [6.45, 7) is 1.83. The van der Waals surface area contributed by atoms with Gasteiger partial charge in [0.05, 0.1) is 17.1 Å². The van der Waals surface area contributed by atoms with Crippen LogP contribution in [-0.4, -0.2) is 38.6 Å². The summed E-state index contributed by atoms with van der Waals surface area (Å²) in [7, 11) is -3.83. The van der Waals surface area contributed by atoms with E-state index in [4.69, 9.17) is 9.84 Å². The number of carbonyl (C=O) groups is 2. The van der Waals surface area contributed by atoms with Crippen LogP contribution in [0.2, 0.25) is 0 Å². The highest BCUT2D eigenvalue weighted by Gasteiger charge is 2.18. The van der Waals surface area contributed by atoms with Crippen LogP contribution >= 0.6 is 15.9 Å². The van der Waals surface area contributed by atoms with Gasteiger partial charge in [0.2, 0.25) is 10.0 Å². The number of aliphatic carboxylic acids is 1. The minimum atomic E-state index is -3.83. The van der Waals surface area contributed by atoms with Gasteiger partial charge in [0, 0.05) is 17.4 Å². The Kier molecular flexibility index (Phi) is 6.98. The minimum Gasteiger partial charge on any atom is -0.481 e. The molecule has 0 saturated carbocycles. The summed E-state index contributed by atoms with van der Waals surface area (Å²) in [5, 5.41) is 8.51. The lowest BCUT2D eigenvalue weighted by Crippen LogP contribution is -2.25. The third kappa shape index (κ3) is 5.74. The van der Waals surface area contributed by atoms with Gasteiger partial charge in [-0.3, -0.25) is 4.79 Å². The molecule has 1 rings (SSSR count). The molecule has 0 heterocycles. The normalized spacial score (nSPS) is 11.2. The number of nitrogens with one attached hydrogen (secondary N) is 1. The maximum atomic E-state index is 12.1. The number of halogens is 1. The molecule has 0 unspecified atom stereocenters. The van der Waals surface area contributed by atoms with Gasteiger partial charge in [-0.2, -0.15) is 0 Å². The molecule has 0 aliphatic carbocycles. The quantitative estimate of drug-likeness (QED) is 0.514. The second kappa shape index (κ2) is 8.25. The second-order valence-electron chi connectivity index (χ2n) is 4.29. The van der Waals surface area contributed by atoms with Crippen molar-refractivity contribution in [2.45, 2.75) is 24.7 Å². The van der Waals surface area contributed by atoms with E-state index in [9.17, 15) is 18.0 Å². The first-order chi connectivity index (χ1) is 10.3. The maximum absolute atomic E-state index is 12.1. The molecule has 1 aromatic rings. The standard InChI is InChI=1S/C13H16BrNO6S/c1-2-21-13(18)9-6-10(14)8-11(7-9)22(19,20)15-5-3-4-12(16)17/h6-8,15H,2-5H2,1H3,(H,16,17). The second-order valence-corrected chi connectivity index (χ2v) is 6.97. The molecule has 0 atom stereocenters. The van der Waals surface area contributed by atoms with Crippen molar-refractivity contribution in [1.29, 1.82) is 0 Å². The lowest BCUT2D eigenvalue weighted by molar-refractivity contribution is -0.137. The SMILES string of the molecule is CCOC(=O)c1cc(Br)cc(S(=O)(=O)NCCCC(=O)O)c1. The number of benzene rings is 1. The number of hydrogen-bond acceptors (Lipinski definition) is 5. The number of carboxylic acid groups (broad SMARTS) is 1. The number of carbonyl (C=O) groups excluding carboxylic acids is 1. The van der Waals surface area contributed by atoms with Crippen molar-refractivity contribution in [3.63, 3.8) is 0 Å². The van der Waals surface area contributed by atoms with Crippen LogP contribution in [0.1, 0.15) is 30.1 Å². The van der Waals surface area contributed by atoms with Gasteiger partial charge in [-0.25, -0.2) is 17.9 Å². The van der Waals surface area contributed by atoms with Crippen LogP contribution in [-0.2, 0) is 19.6 Å². The van der Waals surface area contributed by atoms with E-state index in [0.29, 0.717) is 4.47 Å². The Morgan fingerprint density at radius 2 is 2.00 bits per heavy atom. The summed E-state index contributed by atoms with van der Waals surface area (Å²) in [5.74, 6) is -1.61. The number of sulfonamides is 1. The van der Waals surface area contributed by atoms with Gasteiger partial charge in [0.15, 0.2) is 0 Å². The van der Waals surface area contributed by atoms with E-state index in [0.717, 1.165) is 0 Å². The van der Waals surface area contributed by atoms with Crippen LogP contribution in [0.15, 0.2) is 27.6 Å². The van der Waals surface area contributed by atoms with Crippen LogP contribution in [0, 0.1) is 0 Å². The topological polar surface area (TPSA) is 110 Å². The van der Waals surface area contributed by atoms with Crippen LogP contribution in [0.5, 0.6) is 0 Å².